The molecule has 0 unspecified atom stereocenters. The summed E-state index contributed by atoms with van der Waals surface area (Å²) in [7, 11) is 0. The molecule has 0 saturated heterocycles. The van der Waals surface area contributed by atoms with E-state index in [-0.39, 0.29) is 0 Å². The van der Waals surface area contributed by atoms with Crippen molar-refractivity contribution in [2.45, 2.75) is 9.79 Å². The molecule has 2 aromatic heterocycles. The first-order chi connectivity index (χ1) is 29.2. The van der Waals surface area contributed by atoms with Crippen molar-refractivity contribution in [3.05, 3.63) is 206 Å². The number of para-hydroxylation sites is 3. The largest absolute Gasteiger partial charge is 0.309 e. The molecule has 0 saturated carbocycles. The van der Waals surface area contributed by atoms with Gasteiger partial charge in [-0.2, -0.15) is 0 Å². The number of benzene rings is 9. The highest BCUT2D eigenvalue weighted by Crippen LogP contribution is 2.52. The fourth-order valence-electron chi connectivity index (χ4n) is 8.85. The fraction of sp³-hybridized carbons (Fsp3) is 0. The van der Waals surface area contributed by atoms with Gasteiger partial charge in [-0.05, 0) is 94.7 Å². The van der Waals surface area contributed by atoms with Gasteiger partial charge in [0.25, 0.3) is 0 Å². The maximum absolute atomic E-state index is 5.21. The van der Waals surface area contributed by atoms with Gasteiger partial charge in [0.2, 0.25) is 0 Å². The average molecular weight is 771 g/mol. The van der Waals surface area contributed by atoms with Crippen LogP contribution in [0.25, 0.3) is 82.9 Å². The van der Waals surface area contributed by atoms with Crippen LogP contribution in [0.15, 0.2) is 216 Å². The van der Waals surface area contributed by atoms with Crippen molar-refractivity contribution in [2.24, 2.45) is 0 Å². The van der Waals surface area contributed by atoms with Gasteiger partial charge in [-0.1, -0.05) is 145 Å². The quantitative estimate of drug-likeness (QED) is 0.175. The summed E-state index contributed by atoms with van der Waals surface area (Å²) in [6.07, 6.45) is 0. The van der Waals surface area contributed by atoms with E-state index in [0.29, 0.717) is 5.82 Å². The molecule has 1 aliphatic heterocycles. The minimum Gasteiger partial charge on any atom is -0.309 e. The summed E-state index contributed by atoms with van der Waals surface area (Å²) in [4.78, 5) is 15.2. The Kier molecular flexibility index (Phi) is 7.75. The molecule has 5 heteroatoms. The molecular formula is C54H34N4S. The third kappa shape index (κ3) is 5.54. The predicted molar refractivity (Wildman–Crippen MR) is 246 cm³/mol. The van der Waals surface area contributed by atoms with Crippen LogP contribution in [-0.2, 0) is 0 Å². The first-order valence-corrected chi connectivity index (χ1v) is 20.7. The van der Waals surface area contributed by atoms with Gasteiger partial charge in [0.05, 0.1) is 33.6 Å². The van der Waals surface area contributed by atoms with Crippen LogP contribution in [0.3, 0.4) is 0 Å². The molecule has 276 valence electrons. The van der Waals surface area contributed by atoms with Crippen molar-refractivity contribution in [3.8, 4) is 39.5 Å². The number of anilines is 3. The molecule has 11 aromatic rings. The molecule has 0 N–H and O–H groups in total. The van der Waals surface area contributed by atoms with Gasteiger partial charge in [-0.25, -0.2) is 9.97 Å². The zero-order valence-corrected chi connectivity index (χ0v) is 32.6. The van der Waals surface area contributed by atoms with Crippen molar-refractivity contribution < 1.29 is 0 Å². The average Bonchev–Trinajstić information content (AvgIpc) is 3.65. The van der Waals surface area contributed by atoms with Crippen LogP contribution >= 0.6 is 11.8 Å². The van der Waals surface area contributed by atoms with E-state index in [2.05, 4.69) is 204 Å². The Morgan fingerprint density at radius 3 is 1.97 bits per heavy atom. The highest BCUT2D eigenvalue weighted by atomic mass is 32.2. The lowest BCUT2D eigenvalue weighted by Gasteiger charge is -2.33. The van der Waals surface area contributed by atoms with Crippen LogP contribution in [0.4, 0.5) is 17.1 Å². The summed E-state index contributed by atoms with van der Waals surface area (Å²) in [6, 6.07) is 73.9. The van der Waals surface area contributed by atoms with E-state index < -0.39 is 0 Å². The summed E-state index contributed by atoms with van der Waals surface area (Å²) in [6.45, 7) is 0. The normalized spacial score (nSPS) is 12.3. The van der Waals surface area contributed by atoms with Crippen molar-refractivity contribution in [1.29, 1.82) is 0 Å². The summed E-state index contributed by atoms with van der Waals surface area (Å²) >= 11 is 1.84. The second kappa shape index (κ2) is 13.6. The number of fused-ring (bicyclic) bond motifs is 8. The molecule has 0 bridgehead atoms. The Balaban J connectivity index is 1.02. The zero-order valence-electron chi connectivity index (χ0n) is 31.8. The van der Waals surface area contributed by atoms with E-state index >= 15 is 0 Å². The molecule has 0 aliphatic carbocycles. The Bertz CT molecular complexity index is 3430. The predicted octanol–water partition coefficient (Wildman–Crippen LogP) is 14.8. The van der Waals surface area contributed by atoms with Crippen molar-refractivity contribution in [2.75, 3.05) is 4.90 Å². The van der Waals surface area contributed by atoms with Crippen LogP contribution in [0.1, 0.15) is 0 Å². The lowest BCUT2D eigenvalue weighted by molar-refractivity contribution is 1.17. The number of nitrogens with zero attached hydrogens (tertiary/aromatic N) is 4. The molecule has 4 nitrogen and oxygen atoms in total. The number of hydrogen-bond acceptors (Lipinski definition) is 4. The van der Waals surface area contributed by atoms with Crippen LogP contribution in [0.5, 0.6) is 0 Å². The molecule has 1 aliphatic rings. The second-order valence-corrected chi connectivity index (χ2v) is 16.1. The molecule has 59 heavy (non-hydrogen) atoms. The van der Waals surface area contributed by atoms with E-state index in [4.69, 9.17) is 9.97 Å². The SMILES string of the molecule is c1ccc(-c2nc(-c3cccc(-n4c5ccc(-c6ccc7c(c6)Sc6ccccc6N7c6ccccc6)cc5c5c6ccccc6ccc54)c3)nc3ccccc23)cc1. The van der Waals surface area contributed by atoms with Crippen molar-refractivity contribution in [1.82, 2.24) is 14.5 Å². The standard InChI is InChI=1S/C54H34N4S/c1-3-15-36(16-4-1)53-43-22-9-10-23-45(43)55-54(56-53)39-17-13-20-41(32-39)58-46-29-27-37(33-44(46)52-42-21-8-7-14-35(42)26-31-49(52)58)38-28-30-48-51(34-38)59-50-25-12-11-24-47(50)57(48)40-18-5-2-6-19-40/h1-34H. The summed E-state index contributed by atoms with van der Waals surface area (Å²) in [5.74, 6) is 0.705. The molecular weight excluding hydrogens is 737 g/mol. The summed E-state index contributed by atoms with van der Waals surface area (Å²) in [5, 5.41) is 5.97. The van der Waals surface area contributed by atoms with E-state index in [1.165, 1.54) is 53.8 Å². The first-order valence-electron chi connectivity index (χ1n) is 19.9. The number of aromatic nitrogens is 3. The highest BCUT2D eigenvalue weighted by molar-refractivity contribution is 7.99. The summed E-state index contributed by atoms with van der Waals surface area (Å²) in [5.41, 5.74) is 13.2. The Hall–Kier alpha value is -7.47. The lowest BCUT2D eigenvalue weighted by atomic mass is 9.99. The molecule has 0 spiro atoms. The Morgan fingerprint density at radius 1 is 0.390 bits per heavy atom. The molecule has 3 heterocycles. The minimum absolute atomic E-state index is 0.705. The van der Waals surface area contributed by atoms with Gasteiger partial charge in [-0.15, -0.1) is 0 Å². The van der Waals surface area contributed by atoms with E-state index in [1.54, 1.807) is 0 Å². The first kappa shape index (κ1) is 33.6. The van der Waals surface area contributed by atoms with Gasteiger partial charge >= 0.3 is 0 Å². The van der Waals surface area contributed by atoms with E-state index in [9.17, 15) is 0 Å². The van der Waals surface area contributed by atoms with Gasteiger partial charge < -0.3 is 9.47 Å². The zero-order chi connectivity index (χ0) is 38.9. The van der Waals surface area contributed by atoms with Crippen LogP contribution in [0, 0.1) is 0 Å². The van der Waals surface area contributed by atoms with Crippen LogP contribution in [-0.4, -0.2) is 14.5 Å². The Morgan fingerprint density at radius 2 is 1.07 bits per heavy atom. The van der Waals surface area contributed by atoms with Crippen molar-refractivity contribution >= 4 is 72.3 Å². The molecule has 0 atom stereocenters. The maximum Gasteiger partial charge on any atom is 0.160 e. The minimum atomic E-state index is 0.705. The van der Waals surface area contributed by atoms with Crippen LogP contribution in [0.2, 0.25) is 0 Å². The van der Waals surface area contributed by atoms with Gasteiger partial charge in [0, 0.05) is 48.5 Å². The lowest BCUT2D eigenvalue weighted by Crippen LogP contribution is -2.14. The number of rotatable bonds is 5. The fourth-order valence-corrected chi connectivity index (χ4v) is 9.94. The monoisotopic (exact) mass is 770 g/mol. The summed E-state index contributed by atoms with van der Waals surface area (Å²) < 4.78 is 2.40. The third-order valence-electron chi connectivity index (χ3n) is 11.5. The molecule has 12 rings (SSSR count). The molecule has 0 radical (unpaired) electrons. The smallest absolute Gasteiger partial charge is 0.160 e. The maximum atomic E-state index is 5.21. The van der Waals surface area contributed by atoms with Crippen LogP contribution < -0.4 is 4.90 Å². The third-order valence-corrected chi connectivity index (χ3v) is 12.7. The number of hydrogen-bond donors (Lipinski definition) is 0. The Labute approximate surface area is 345 Å². The van der Waals surface area contributed by atoms with Crippen molar-refractivity contribution in [3.63, 3.8) is 0 Å². The van der Waals surface area contributed by atoms with Gasteiger partial charge in [0.15, 0.2) is 5.82 Å². The van der Waals surface area contributed by atoms with Gasteiger partial charge in [0.1, 0.15) is 0 Å². The second-order valence-electron chi connectivity index (χ2n) is 15.0. The van der Waals surface area contributed by atoms with Gasteiger partial charge in [-0.3, -0.25) is 0 Å². The van der Waals surface area contributed by atoms with E-state index in [1.807, 2.05) is 23.9 Å². The topological polar surface area (TPSA) is 34.0 Å². The molecule has 9 aromatic carbocycles. The molecule has 0 fully saturated rings. The van der Waals surface area contributed by atoms with E-state index in [0.717, 1.165) is 50.1 Å². The highest BCUT2D eigenvalue weighted by Gasteiger charge is 2.25. The molecule has 0 amide bonds.